The molecule has 1 heterocycles. The Morgan fingerprint density at radius 2 is 2.00 bits per heavy atom. The molecule has 0 aliphatic carbocycles. The monoisotopic (exact) mass is 252 g/mol. The number of hydrogen-bond donors (Lipinski definition) is 0. The van der Waals surface area contributed by atoms with E-state index in [1.807, 2.05) is 18.2 Å². The third kappa shape index (κ3) is 1.70. The van der Waals surface area contributed by atoms with Gasteiger partial charge < -0.3 is 4.74 Å². The van der Waals surface area contributed by atoms with Crippen LogP contribution in [0.1, 0.15) is 11.7 Å². The highest BCUT2D eigenvalue weighted by Gasteiger charge is 2.26. The molecule has 1 aliphatic heterocycles. The van der Waals surface area contributed by atoms with Gasteiger partial charge in [0.25, 0.3) is 5.69 Å². The van der Waals surface area contributed by atoms with Gasteiger partial charge in [0.1, 0.15) is 11.8 Å². The molecule has 0 amide bonds. The van der Waals surface area contributed by atoms with Crippen molar-refractivity contribution in [3.63, 3.8) is 0 Å². The van der Waals surface area contributed by atoms with Crippen LogP contribution < -0.4 is 4.74 Å². The van der Waals surface area contributed by atoms with Gasteiger partial charge in [-0.1, -0.05) is 24.3 Å². The van der Waals surface area contributed by atoms with Gasteiger partial charge in [-0.15, -0.1) is 0 Å². The van der Waals surface area contributed by atoms with E-state index in [2.05, 4.69) is 6.07 Å². The molecule has 2 aromatic carbocycles. The number of non-ortho nitro benzene ring substituents is 1. The number of hydrogen-bond acceptors (Lipinski definition) is 4. The molecule has 92 valence electrons. The first-order chi connectivity index (χ1) is 9.20. The predicted molar refractivity (Wildman–Crippen MR) is 67.5 cm³/mol. The summed E-state index contributed by atoms with van der Waals surface area (Å²) < 4.78 is 5.56. The second-order valence-corrected chi connectivity index (χ2v) is 4.15. The second-order valence-electron chi connectivity index (χ2n) is 4.15. The first-order valence-corrected chi connectivity index (χ1v) is 5.64. The van der Waals surface area contributed by atoms with Crippen molar-refractivity contribution in [2.24, 2.45) is 0 Å². The molecule has 0 radical (unpaired) electrons. The number of nitriles is 1. The molecule has 0 fully saturated rings. The maximum Gasteiger partial charge on any atom is 0.270 e. The van der Waals surface area contributed by atoms with Crippen LogP contribution in [0.2, 0.25) is 0 Å². The molecule has 0 N–H and O–H groups in total. The van der Waals surface area contributed by atoms with Gasteiger partial charge in [0.05, 0.1) is 4.92 Å². The van der Waals surface area contributed by atoms with E-state index in [-0.39, 0.29) is 5.69 Å². The van der Waals surface area contributed by atoms with Crippen LogP contribution in [0.4, 0.5) is 5.69 Å². The number of rotatable bonds is 1. The molecule has 2 aromatic rings. The van der Waals surface area contributed by atoms with E-state index in [4.69, 9.17) is 10.00 Å². The summed E-state index contributed by atoms with van der Waals surface area (Å²) in [6.07, 6.45) is -0.676. The summed E-state index contributed by atoms with van der Waals surface area (Å²) in [6, 6.07) is 13.8. The van der Waals surface area contributed by atoms with E-state index in [1.54, 1.807) is 6.07 Å². The van der Waals surface area contributed by atoms with Gasteiger partial charge in [-0.25, -0.2) is 0 Å². The van der Waals surface area contributed by atoms with Crippen molar-refractivity contribution in [1.82, 2.24) is 0 Å². The quantitative estimate of drug-likeness (QED) is 0.576. The molecule has 5 nitrogen and oxygen atoms in total. The van der Waals surface area contributed by atoms with Crippen LogP contribution in [0.25, 0.3) is 11.1 Å². The molecule has 5 heteroatoms. The van der Waals surface area contributed by atoms with Crippen LogP contribution in [0.15, 0.2) is 42.5 Å². The molecule has 0 spiro atoms. The predicted octanol–water partition coefficient (Wildman–Crippen LogP) is 3.22. The van der Waals surface area contributed by atoms with Crippen LogP contribution in [-0.4, -0.2) is 4.92 Å². The van der Waals surface area contributed by atoms with Gasteiger partial charge in [0, 0.05) is 23.3 Å². The van der Waals surface area contributed by atoms with E-state index in [0.717, 1.165) is 11.1 Å². The summed E-state index contributed by atoms with van der Waals surface area (Å²) in [5, 5.41) is 20.0. The molecule has 19 heavy (non-hydrogen) atoms. The van der Waals surface area contributed by atoms with Crippen molar-refractivity contribution in [2.45, 2.75) is 6.10 Å². The molecule has 0 bridgehead atoms. The molecular formula is C14H8N2O3. The second kappa shape index (κ2) is 4.10. The SMILES string of the molecule is N#CC1Oc2ccc([N+](=O)[O-])cc2-c2ccccc21. The van der Waals surface area contributed by atoms with Crippen molar-refractivity contribution < 1.29 is 9.66 Å². The number of fused-ring (bicyclic) bond motifs is 3. The van der Waals surface area contributed by atoms with E-state index < -0.39 is 11.0 Å². The van der Waals surface area contributed by atoms with E-state index in [1.165, 1.54) is 18.2 Å². The Morgan fingerprint density at radius 3 is 2.74 bits per heavy atom. The van der Waals surface area contributed by atoms with Crippen molar-refractivity contribution in [3.8, 4) is 22.9 Å². The lowest BCUT2D eigenvalue weighted by Gasteiger charge is -2.24. The Labute approximate surface area is 108 Å². The molecular weight excluding hydrogens is 244 g/mol. The lowest BCUT2D eigenvalue weighted by molar-refractivity contribution is -0.384. The Kier molecular flexibility index (Phi) is 2.43. The molecule has 1 unspecified atom stereocenters. The Bertz CT molecular complexity index is 719. The summed E-state index contributed by atoms with van der Waals surface area (Å²) in [5.41, 5.74) is 2.20. The zero-order chi connectivity index (χ0) is 13.4. The highest BCUT2D eigenvalue weighted by atomic mass is 16.6. The maximum atomic E-state index is 10.8. The molecule has 0 saturated heterocycles. The summed E-state index contributed by atoms with van der Waals surface area (Å²) in [7, 11) is 0. The topological polar surface area (TPSA) is 76.2 Å². The fourth-order valence-corrected chi connectivity index (χ4v) is 2.20. The maximum absolute atomic E-state index is 10.8. The number of nitrogens with zero attached hydrogens (tertiary/aromatic N) is 2. The lowest BCUT2D eigenvalue weighted by Crippen LogP contribution is -2.12. The molecule has 1 aliphatic rings. The Morgan fingerprint density at radius 1 is 1.21 bits per heavy atom. The first-order valence-electron chi connectivity index (χ1n) is 5.64. The standard InChI is InChI=1S/C14H8N2O3/c15-8-14-11-4-2-1-3-10(11)12-7-9(16(17)18)5-6-13(12)19-14/h1-7,14H. The van der Waals surface area contributed by atoms with E-state index in [9.17, 15) is 10.1 Å². The highest BCUT2D eigenvalue weighted by Crippen LogP contribution is 2.43. The van der Waals surface area contributed by atoms with Crippen LogP contribution in [-0.2, 0) is 0 Å². The average molecular weight is 252 g/mol. The number of ether oxygens (including phenoxy) is 1. The van der Waals surface area contributed by atoms with Gasteiger partial charge >= 0.3 is 0 Å². The van der Waals surface area contributed by atoms with Crippen molar-refractivity contribution >= 4 is 5.69 Å². The smallest absolute Gasteiger partial charge is 0.270 e. The van der Waals surface area contributed by atoms with Crippen LogP contribution in [0, 0.1) is 21.4 Å². The third-order valence-electron chi connectivity index (χ3n) is 3.07. The van der Waals surface area contributed by atoms with Gasteiger partial charge in [0.15, 0.2) is 0 Å². The summed E-state index contributed by atoms with van der Waals surface area (Å²) >= 11 is 0. The third-order valence-corrected chi connectivity index (χ3v) is 3.07. The zero-order valence-corrected chi connectivity index (χ0v) is 9.74. The minimum atomic E-state index is -0.676. The molecule has 3 rings (SSSR count). The van der Waals surface area contributed by atoms with Gasteiger partial charge in [-0.2, -0.15) is 5.26 Å². The van der Waals surface area contributed by atoms with Crippen LogP contribution in [0.5, 0.6) is 5.75 Å². The van der Waals surface area contributed by atoms with E-state index in [0.29, 0.717) is 11.3 Å². The summed E-state index contributed by atoms with van der Waals surface area (Å²) in [6.45, 7) is 0. The Balaban J connectivity index is 2.25. The minimum absolute atomic E-state index is 0.00700. The summed E-state index contributed by atoms with van der Waals surface area (Å²) in [4.78, 5) is 10.4. The summed E-state index contributed by atoms with van der Waals surface area (Å²) in [5.74, 6) is 0.496. The van der Waals surface area contributed by atoms with Crippen molar-refractivity contribution in [1.29, 1.82) is 5.26 Å². The average Bonchev–Trinajstić information content (AvgIpc) is 2.45. The van der Waals surface area contributed by atoms with Gasteiger partial charge in [-0.3, -0.25) is 10.1 Å². The lowest BCUT2D eigenvalue weighted by atomic mass is 9.93. The Hall–Kier alpha value is -2.87. The van der Waals surface area contributed by atoms with Crippen LogP contribution in [0.3, 0.4) is 0 Å². The highest BCUT2D eigenvalue weighted by molar-refractivity contribution is 5.78. The first kappa shape index (κ1) is 11.2. The molecule has 0 saturated carbocycles. The zero-order valence-electron chi connectivity index (χ0n) is 9.74. The number of nitro benzene ring substituents is 1. The van der Waals surface area contributed by atoms with Crippen molar-refractivity contribution in [2.75, 3.05) is 0 Å². The normalized spacial score (nSPS) is 15.6. The fourth-order valence-electron chi connectivity index (χ4n) is 2.20. The van der Waals surface area contributed by atoms with Crippen molar-refractivity contribution in [3.05, 3.63) is 58.1 Å². The number of benzene rings is 2. The van der Waals surface area contributed by atoms with E-state index >= 15 is 0 Å². The molecule has 1 atom stereocenters. The van der Waals surface area contributed by atoms with Crippen LogP contribution >= 0.6 is 0 Å². The number of nitro groups is 1. The van der Waals surface area contributed by atoms with Gasteiger partial charge in [0.2, 0.25) is 6.10 Å². The van der Waals surface area contributed by atoms with Gasteiger partial charge in [-0.05, 0) is 11.6 Å². The fraction of sp³-hybridized carbons (Fsp3) is 0.0714. The largest absolute Gasteiger partial charge is 0.470 e. The minimum Gasteiger partial charge on any atom is -0.470 e. The molecule has 0 aromatic heterocycles.